The molecular formula is C20H39IN4O. The third-order valence-corrected chi connectivity index (χ3v) is 5.74. The van der Waals surface area contributed by atoms with E-state index in [0.29, 0.717) is 0 Å². The van der Waals surface area contributed by atoms with Gasteiger partial charge in [-0.15, -0.1) is 24.0 Å². The van der Waals surface area contributed by atoms with E-state index < -0.39 is 0 Å². The van der Waals surface area contributed by atoms with Crippen LogP contribution in [0, 0.1) is 17.8 Å². The Bertz CT molecular complexity index is 432. The zero-order valence-electron chi connectivity index (χ0n) is 16.9. The molecule has 26 heavy (non-hydrogen) atoms. The molecule has 2 saturated carbocycles. The summed E-state index contributed by atoms with van der Waals surface area (Å²) in [5.74, 6) is 3.23. The molecule has 0 atom stereocenters. The quantitative estimate of drug-likeness (QED) is 0.243. The maximum Gasteiger partial charge on any atom is 0.223 e. The molecule has 0 heterocycles. The highest BCUT2D eigenvalue weighted by atomic mass is 127. The second kappa shape index (κ2) is 12.8. The number of carbonyl (C=O) groups is 1. The van der Waals surface area contributed by atoms with E-state index in [4.69, 9.17) is 4.99 Å². The minimum absolute atomic E-state index is 0. The normalized spacial score (nSPS) is 23.6. The van der Waals surface area contributed by atoms with Crippen LogP contribution in [0.25, 0.3) is 0 Å². The maximum absolute atomic E-state index is 11.8. The topological polar surface area (TPSA) is 56.7 Å². The molecule has 2 aliphatic carbocycles. The van der Waals surface area contributed by atoms with Gasteiger partial charge in [0, 0.05) is 39.1 Å². The summed E-state index contributed by atoms with van der Waals surface area (Å²) in [6, 6.07) is 0. The van der Waals surface area contributed by atoms with E-state index in [0.717, 1.165) is 63.2 Å². The number of hydrogen-bond donors (Lipinski definition) is 2. The summed E-state index contributed by atoms with van der Waals surface area (Å²) in [6.07, 6.45) is 9.68. The third-order valence-electron chi connectivity index (χ3n) is 5.74. The number of halogens is 1. The molecule has 0 aliphatic heterocycles. The molecule has 2 rings (SSSR count). The highest BCUT2D eigenvalue weighted by Crippen LogP contribution is 2.28. The zero-order valence-corrected chi connectivity index (χ0v) is 19.3. The van der Waals surface area contributed by atoms with Crippen molar-refractivity contribution >= 4 is 35.8 Å². The molecule has 6 heteroatoms. The van der Waals surface area contributed by atoms with E-state index in [1.165, 1.54) is 32.1 Å². The number of nitrogens with one attached hydrogen (secondary N) is 2. The van der Waals surface area contributed by atoms with Crippen molar-refractivity contribution in [3.8, 4) is 0 Å². The molecule has 0 bridgehead atoms. The van der Waals surface area contributed by atoms with E-state index in [-0.39, 0.29) is 35.8 Å². The fraction of sp³-hybridized carbons (Fsp3) is 0.900. The average molecular weight is 478 g/mol. The lowest BCUT2D eigenvalue weighted by Gasteiger charge is -2.31. The number of amides is 1. The van der Waals surface area contributed by atoms with Gasteiger partial charge in [-0.05, 0) is 50.9 Å². The smallest absolute Gasteiger partial charge is 0.223 e. The first kappa shape index (κ1) is 23.5. The summed E-state index contributed by atoms with van der Waals surface area (Å²) < 4.78 is 0. The van der Waals surface area contributed by atoms with Gasteiger partial charge in [-0.2, -0.15) is 0 Å². The molecule has 2 fully saturated rings. The first-order valence-corrected chi connectivity index (χ1v) is 10.4. The van der Waals surface area contributed by atoms with Crippen molar-refractivity contribution in [3.63, 3.8) is 0 Å². The van der Waals surface area contributed by atoms with Gasteiger partial charge in [0.05, 0.1) is 0 Å². The number of nitrogens with zero attached hydrogens (tertiary/aromatic N) is 2. The van der Waals surface area contributed by atoms with Crippen LogP contribution in [0.2, 0.25) is 0 Å². The molecule has 0 spiro atoms. The van der Waals surface area contributed by atoms with Crippen molar-refractivity contribution in [3.05, 3.63) is 0 Å². The van der Waals surface area contributed by atoms with Crippen molar-refractivity contribution in [1.29, 1.82) is 0 Å². The molecule has 0 aromatic heterocycles. The van der Waals surface area contributed by atoms with Crippen LogP contribution in [0.15, 0.2) is 4.99 Å². The van der Waals surface area contributed by atoms with E-state index >= 15 is 0 Å². The zero-order chi connectivity index (χ0) is 18.1. The van der Waals surface area contributed by atoms with Crippen molar-refractivity contribution in [2.45, 2.75) is 65.2 Å². The van der Waals surface area contributed by atoms with Crippen LogP contribution in [0.4, 0.5) is 0 Å². The summed E-state index contributed by atoms with van der Waals surface area (Å²) in [5.41, 5.74) is 0. The van der Waals surface area contributed by atoms with Gasteiger partial charge in [-0.1, -0.05) is 26.2 Å². The Labute approximate surface area is 177 Å². The van der Waals surface area contributed by atoms with Gasteiger partial charge >= 0.3 is 0 Å². The second-order valence-electron chi connectivity index (χ2n) is 8.01. The minimum atomic E-state index is 0. The van der Waals surface area contributed by atoms with Gasteiger partial charge in [-0.25, -0.2) is 0 Å². The van der Waals surface area contributed by atoms with E-state index in [2.05, 4.69) is 36.4 Å². The molecule has 152 valence electrons. The van der Waals surface area contributed by atoms with Crippen molar-refractivity contribution in [1.82, 2.24) is 15.5 Å². The number of rotatable bonds is 8. The van der Waals surface area contributed by atoms with Gasteiger partial charge in [0.1, 0.15) is 0 Å². The van der Waals surface area contributed by atoms with Crippen LogP contribution in [-0.4, -0.2) is 50.0 Å². The molecule has 0 aromatic rings. The van der Waals surface area contributed by atoms with E-state index in [1.807, 2.05) is 0 Å². The fourth-order valence-electron chi connectivity index (χ4n) is 3.75. The Morgan fingerprint density at radius 1 is 1.12 bits per heavy atom. The number of guanidine groups is 1. The lowest BCUT2D eigenvalue weighted by molar-refractivity contribution is -0.127. The highest BCUT2D eigenvalue weighted by Gasteiger charge is 2.24. The maximum atomic E-state index is 11.8. The summed E-state index contributed by atoms with van der Waals surface area (Å²) in [7, 11) is 2.15. The van der Waals surface area contributed by atoms with E-state index in [1.54, 1.807) is 0 Å². The van der Waals surface area contributed by atoms with Crippen LogP contribution >= 0.6 is 24.0 Å². The van der Waals surface area contributed by atoms with E-state index in [9.17, 15) is 4.79 Å². The molecular weight excluding hydrogens is 439 g/mol. The number of carbonyl (C=O) groups excluding carboxylic acids is 1. The fourth-order valence-corrected chi connectivity index (χ4v) is 3.75. The molecule has 0 saturated heterocycles. The Morgan fingerprint density at radius 3 is 2.38 bits per heavy atom. The molecule has 1 amide bonds. The Balaban J connectivity index is 0.00000338. The molecule has 2 N–H and O–H groups in total. The van der Waals surface area contributed by atoms with Crippen LogP contribution in [0.1, 0.15) is 65.2 Å². The second-order valence-corrected chi connectivity index (χ2v) is 8.01. The standard InChI is InChI=1S/C20H38N4O.HI/c1-4-21-20(24(3)15-17-11-9-16(2)10-12-17)23-14-6-13-22-19(25)18-7-5-8-18;/h16-18H,4-15H2,1-3H3,(H,21,23)(H,22,25);1H. The summed E-state index contributed by atoms with van der Waals surface area (Å²) >= 11 is 0. The lowest BCUT2D eigenvalue weighted by Crippen LogP contribution is -2.42. The molecule has 2 aliphatic rings. The largest absolute Gasteiger partial charge is 0.357 e. The number of aliphatic imine (C=N–C) groups is 1. The van der Waals surface area contributed by atoms with Gasteiger partial charge in [0.15, 0.2) is 5.96 Å². The van der Waals surface area contributed by atoms with Gasteiger partial charge in [0.25, 0.3) is 0 Å². The third kappa shape index (κ3) is 8.01. The first-order chi connectivity index (χ1) is 12.1. The molecule has 0 aromatic carbocycles. The Morgan fingerprint density at radius 2 is 1.81 bits per heavy atom. The monoisotopic (exact) mass is 478 g/mol. The molecule has 0 radical (unpaired) electrons. The summed E-state index contributed by atoms with van der Waals surface area (Å²) in [6.45, 7) is 7.97. The predicted octanol–water partition coefficient (Wildman–Crippen LogP) is 3.63. The van der Waals surface area contributed by atoms with Gasteiger partial charge < -0.3 is 15.5 Å². The SMILES string of the molecule is CCNC(=NCCCNC(=O)C1CCC1)N(C)CC1CCC(C)CC1.I. The van der Waals surface area contributed by atoms with Crippen LogP contribution in [0.5, 0.6) is 0 Å². The van der Waals surface area contributed by atoms with Crippen LogP contribution < -0.4 is 10.6 Å². The predicted molar refractivity (Wildman–Crippen MR) is 120 cm³/mol. The van der Waals surface area contributed by atoms with Crippen molar-refractivity contribution in [2.75, 3.05) is 33.2 Å². The Kier molecular flexibility index (Phi) is 11.6. The molecule has 5 nitrogen and oxygen atoms in total. The summed E-state index contributed by atoms with van der Waals surface area (Å²) in [5, 5.41) is 6.45. The van der Waals surface area contributed by atoms with Gasteiger partial charge in [0.2, 0.25) is 5.91 Å². The minimum Gasteiger partial charge on any atom is -0.357 e. The molecule has 0 unspecified atom stereocenters. The van der Waals surface area contributed by atoms with Crippen LogP contribution in [0.3, 0.4) is 0 Å². The average Bonchev–Trinajstić information content (AvgIpc) is 2.54. The lowest BCUT2D eigenvalue weighted by atomic mass is 9.83. The number of hydrogen-bond acceptors (Lipinski definition) is 2. The van der Waals surface area contributed by atoms with Gasteiger partial charge in [-0.3, -0.25) is 9.79 Å². The Hall–Kier alpha value is -0.530. The summed E-state index contributed by atoms with van der Waals surface area (Å²) in [4.78, 5) is 18.8. The van der Waals surface area contributed by atoms with Crippen molar-refractivity contribution < 1.29 is 4.79 Å². The highest BCUT2D eigenvalue weighted by molar-refractivity contribution is 14.0. The van der Waals surface area contributed by atoms with Crippen molar-refractivity contribution in [2.24, 2.45) is 22.7 Å². The van der Waals surface area contributed by atoms with Crippen LogP contribution in [-0.2, 0) is 4.79 Å². The first-order valence-electron chi connectivity index (χ1n) is 10.4.